The summed E-state index contributed by atoms with van der Waals surface area (Å²) in [6.45, 7) is 1.53. The molecule has 2 aromatic carbocycles. The van der Waals surface area contributed by atoms with Gasteiger partial charge in [-0.1, -0.05) is 46.3 Å². The van der Waals surface area contributed by atoms with Gasteiger partial charge in [0, 0.05) is 23.2 Å². The average molecular weight is 441 g/mol. The number of halogens is 1. The van der Waals surface area contributed by atoms with Gasteiger partial charge in [-0.05, 0) is 42.7 Å². The zero-order valence-corrected chi connectivity index (χ0v) is 16.9. The van der Waals surface area contributed by atoms with Gasteiger partial charge in [0.15, 0.2) is 0 Å². The fourth-order valence-electron chi connectivity index (χ4n) is 2.91. The standard InChI is InChI=1S/C22H21BrN2O3/c23-19-8-9-21(28-15-16-5-2-1-3-6-16)17(12-19)11-18(13-24)22(26)25-14-20-7-4-10-27-20/h1-3,5-6,8-9,11-12,20H,4,7,10,14-15H2,(H,25,26)/b18-11+. The monoisotopic (exact) mass is 440 g/mol. The molecule has 1 N–H and O–H groups in total. The fourth-order valence-corrected chi connectivity index (χ4v) is 3.29. The highest BCUT2D eigenvalue weighted by Gasteiger charge is 2.18. The lowest BCUT2D eigenvalue weighted by atomic mass is 10.1. The number of hydrogen-bond donors (Lipinski definition) is 1. The van der Waals surface area contributed by atoms with E-state index >= 15 is 0 Å². The lowest BCUT2D eigenvalue weighted by molar-refractivity contribution is -0.117. The smallest absolute Gasteiger partial charge is 0.262 e. The van der Waals surface area contributed by atoms with Crippen molar-refractivity contribution in [1.82, 2.24) is 5.32 Å². The minimum atomic E-state index is -0.410. The van der Waals surface area contributed by atoms with Crippen molar-refractivity contribution in [1.29, 1.82) is 5.26 Å². The Balaban J connectivity index is 1.73. The van der Waals surface area contributed by atoms with Gasteiger partial charge in [0.05, 0.1) is 6.10 Å². The summed E-state index contributed by atoms with van der Waals surface area (Å²) in [5.41, 5.74) is 1.73. The average Bonchev–Trinajstić information content (AvgIpc) is 3.24. The fraction of sp³-hybridized carbons (Fsp3) is 0.273. The molecule has 1 heterocycles. The van der Waals surface area contributed by atoms with Crippen molar-refractivity contribution in [3.05, 3.63) is 69.7 Å². The Morgan fingerprint density at radius 2 is 2.14 bits per heavy atom. The van der Waals surface area contributed by atoms with Gasteiger partial charge in [-0.2, -0.15) is 5.26 Å². The summed E-state index contributed by atoms with van der Waals surface area (Å²) in [7, 11) is 0. The van der Waals surface area contributed by atoms with Crippen molar-refractivity contribution in [2.75, 3.05) is 13.2 Å². The maximum Gasteiger partial charge on any atom is 0.262 e. The lowest BCUT2D eigenvalue weighted by Gasteiger charge is -2.12. The normalized spacial score (nSPS) is 16.4. The molecule has 1 fully saturated rings. The molecule has 1 atom stereocenters. The molecule has 0 radical (unpaired) electrons. The summed E-state index contributed by atoms with van der Waals surface area (Å²) in [5.74, 6) is 0.193. The second kappa shape index (κ2) is 10.1. The van der Waals surface area contributed by atoms with E-state index < -0.39 is 5.91 Å². The zero-order valence-electron chi connectivity index (χ0n) is 15.4. The first kappa shape index (κ1) is 20.1. The molecule has 1 aliphatic heterocycles. The molecule has 5 nitrogen and oxygen atoms in total. The van der Waals surface area contributed by atoms with E-state index in [0.717, 1.165) is 29.5 Å². The van der Waals surface area contributed by atoms with Crippen LogP contribution < -0.4 is 10.1 Å². The third-order valence-corrected chi connectivity index (χ3v) is 4.88. The van der Waals surface area contributed by atoms with Gasteiger partial charge >= 0.3 is 0 Å². The Labute approximate surface area is 173 Å². The quantitative estimate of drug-likeness (QED) is 0.516. The van der Waals surface area contributed by atoms with Crippen LogP contribution in [0, 0.1) is 11.3 Å². The first-order valence-electron chi connectivity index (χ1n) is 9.13. The van der Waals surface area contributed by atoms with Gasteiger partial charge in [-0.15, -0.1) is 0 Å². The number of amides is 1. The second-order valence-electron chi connectivity index (χ2n) is 6.47. The molecule has 28 heavy (non-hydrogen) atoms. The van der Waals surface area contributed by atoms with Crippen LogP contribution in [0.5, 0.6) is 5.75 Å². The molecule has 3 rings (SSSR count). The number of nitriles is 1. The van der Waals surface area contributed by atoms with Gasteiger partial charge in [0.2, 0.25) is 0 Å². The maximum absolute atomic E-state index is 12.4. The van der Waals surface area contributed by atoms with E-state index in [2.05, 4.69) is 21.2 Å². The molecule has 2 aromatic rings. The number of hydrogen-bond acceptors (Lipinski definition) is 4. The van der Waals surface area contributed by atoms with Crippen LogP contribution in [0.3, 0.4) is 0 Å². The van der Waals surface area contributed by atoms with Crippen LogP contribution in [-0.4, -0.2) is 25.2 Å². The molecule has 0 bridgehead atoms. The Kier molecular flexibility index (Phi) is 7.24. The van der Waals surface area contributed by atoms with Gasteiger partial charge in [0.1, 0.15) is 24.0 Å². The van der Waals surface area contributed by atoms with Gasteiger partial charge in [-0.3, -0.25) is 4.79 Å². The van der Waals surface area contributed by atoms with E-state index in [9.17, 15) is 10.1 Å². The number of carbonyl (C=O) groups is 1. The molecule has 1 unspecified atom stereocenters. The molecule has 0 aromatic heterocycles. The number of rotatable bonds is 7. The number of ether oxygens (including phenoxy) is 2. The van der Waals surface area contributed by atoms with Crippen LogP contribution in [0.2, 0.25) is 0 Å². The van der Waals surface area contributed by atoms with Crippen LogP contribution in [-0.2, 0) is 16.1 Å². The summed E-state index contributed by atoms with van der Waals surface area (Å²) >= 11 is 3.43. The van der Waals surface area contributed by atoms with Gasteiger partial charge < -0.3 is 14.8 Å². The molecular formula is C22H21BrN2O3. The number of carbonyl (C=O) groups excluding carboxylic acids is 1. The molecule has 144 valence electrons. The third kappa shape index (κ3) is 5.69. The van der Waals surface area contributed by atoms with Crippen molar-refractivity contribution < 1.29 is 14.3 Å². The van der Waals surface area contributed by atoms with Crippen molar-refractivity contribution in [2.45, 2.75) is 25.6 Å². The maximum atomic E-state index is 12.4. The van der Waals surface area contributed by atoms with E-state index in [1.54, 1.807) is 6.08 Å². The summed E-state index contributed by atoms with van der Waals surface area (Å²) in [6.07, 6.45) is 3.51. The molecule has 0 spiro atoms. The third-order valence-electron chi connectivity index (χ3n) is 4.39. The zero-order chi connectivity index (χ0) is 19.8. The lowest BCUT2D eigenvalue weighted by Crippen LogP contribution is -2.32. The largest absolute Gasteiger partial charge is 0.488 e. The minimum Gasteiger partial charge on any atom is -0.488 e. The SMILES string of the molecule is N#C/C(=C\c1cc(Br)ccc1OCc1ccccc1)C(=O)NCC1CCCO1. The Morgan fingerprint density at radius 1 is 1.32 bits per heavy atom. The molecule has 1 saturated heterocycles. The Hall–Kier alpha value is -2.62. The summed E-state index contributed by atoms with van der Waals surface area (Å²) in [5, 5.41) is 12.2. The van der Waals surface area contributed by atoms with Crippen molar-refractivity contribution in [2.24, 2.45) is 0 Å². The molecule has 6 heteroatoms. The van der Waals surface area contributed by atoms with E-state index in [1.807, 2.05) is 54.6 Å². The highest BCUT2D eigenvalue weighted by molar-refractivity contribution is 9.10. The summed E-state index contributed by atoms with van der Waals surface area (Å²) in [4.78, 5) is 12.4. The van der Waals surface area contributed by atoms with Crippen molar-refractivity contribution in [3.8, 4) is 11.8 Å². The van der Waals surface area contributed by atoms with E-state index in [4.69, 9.17) is 9.47 Å². The topological polar surface area (TPSA) is 71.3 Å². The highest BCUT2D eigenvalue weighted by atomic mass is 79.9. The molecule has 0 saturated carbocycles. The summed E-state index contributed by atoms with van der Waals surface area (Å²) in [6, 6.07) is 17.3. The predicted octanol–water partition coefficient (Wildman–Crippen LogP) is 4.23. The second-order valence-corrected chi connectivity index (χ2v) is 7.39. The van der Waals surface area contributed by atoms with Crippen molar-refractivity contribution in [3.63, 3.8) is 0 Å². The number of benzene rings is 2. The minimum absolute atomic E-state index is 0.0273. The highest BCUT2D eigenvalue weighted by Crippen LogP contribution is 2.26. The van der Waals surface area contributed by atoms with Crippen LogP contribution in [0.1, 0.15) is 24.0 Å². The summed E-state index contributed by atoms with van der Waals surface area (Å²) < 4.78 is 12.3. The Morgan fingerprint density at radius 3 is 2.86 bits per heavy atom. The van der Waals surface area contributed by atoms with E-state index in [-0.39, 0.29) is 11.7 Å². The first-order chi connectivity index (χ1) is 13.7. The van der Waals surface area contributed by atoms with Crippen LogP contribution in [0.4, 0.5) is 0 Å². The number of nitrogens with one attached hydrogen (secondary N) is 1. The molecular weight excluding hydrogens is 420 g/mol. The van der Waals surface area contributed by atoms with Crippen LogP contribution in [0.15, 0.2) is 58.6 Å². The van der Waals surface area contributed by atoms with Crippen molar-refractivity contribution >= 4 is 27.9 Å². The molecule has 0 aliphatic carbocycles. The molecule has 1 aliphatic rings. The van der Waals surface area contributed by atoms with E-state index in [1.165, 1.54) is 0 Å². The Bertz CT molecular complexity index is 884. The van der Waals surface area contributed by atoms with Gasteiger partial charge in [-0.25, -0.2) is 0 Å². The molecule has 1 amide bonds. The van der Waals surface area contributed by atoms with Crippen LogP contribution in [0.25, 0.3) is 6.08 Å². The van der Waals surface area contributed by atoms with E-state index in [0.29, 0.717) is 24.5 Å². The van der Waals surface area contributed by atoms with Gasteiger partial charge in [0.25, 0.3) is 5.91 Å². The number of nitrogens with zero attached hydrogens (tertiary/aromatic N) is 1. The first-order valence-corrected chi connectivity index (χ1v) is 9.93. The van der Waals surface area contributed by atoms with Crippen LogP contribution >= 0.6 is 15.9 Å². The predicted molar refractivity (Wildman–Crippen MR) is 110 cm³/mol.